The van der Waals surface area contributed by atoms with Crippen molar-refractivity contribution in [2.45, 2.75) is 36.8 Å². The first-order valence-electron chi connectivity index (χ1n) is 9.08. The smallest absolute Gasteiger partial charge is 0.433 e. The molecule has 3 rings (SSSR count). The Morgan fingerprint density at radius 2 is 1.83 bits per heavy atom. The van der Waals surface area contributed by atoms with E-state index in [1.54, 1.807) is 6.07 Å². The molecule has 1 heterocycles. The first kappa shape index (κ1) is 21.8. The molecule has 0 aliphatic heterocycles. The maximum atomic E-state index is 12.8. The Morgan fingerprint density at radius 1 is 1.13 bits per heavy atom. The van der Waals surface area contributed by atoms with Crippen LogP contribution in [0.1, 0.15) is 34.0 Å². The first-order valence-corrected chi connectivity index (χ1v) is 9.08. The van der Waals surface area contributed by atoms with Gasteiger partial charge >= 0.3 is 6.18 Å². The number of benzene rings is 1. The van der Waals surface area contributed by atoms with E-state index in [0.717, 1.165) is 12.3 Å². The fourth-order valence-corrected chi connectivity index (χ4v) is 3.56. The minimum absolute atomic E-state index is 0.0606. The van der Waals surface area contributed by atoms with Gasteiger partial charge in [-0.3, -0.25) is 9.78 Å². The number of rotatable bonds is 5. The van der Waals surface area contributed by atoms with Gasteiger partial charge in [0.2, 0.25) is 0 Å². The van der Waals surface area contributed by atoms with Crippen molar-refractivity contribution < 1.29 is 37.7 Å². The maximum absolute atomic E-state index is 12.8. The molecular weight excluding hydrogens is 405 g/mol. The van der Waals surface area contributed by atoms with Gasteiger partial charge in [0.25, 0.3) is 5.91 Å². The predicted molar refractivity (Wildman–Crippen MR) is 99.4 cm³/mol. The summed E-state index contributed by atoms with van der Waals surface area (Å²) >= 11 is 0. The van der Waals surface area contributed by atoms with E-state index >= 15 is 0 Å². The molecular formula is C20H21F3N2O5. The number of aliphatic hydroxyl groups excluding tert-OH is 2. The third-order valence-corrected chi connectivity index (χ3v) is 5.14. The molecule has 0 spiro atoms. The van der Waals surface area contributed by atoms with Crippen molar-refractivity contribution in [2.75, 3.05) is 14.2 Å². The monoisotopic (exact) mass is 426 g/mol. The lowest BCUT2D eigenvalue weighted by molar-refractivity contribution is -0.141. The van der Waals surface area contributed by atoms with E-state index in [1.165, 1.54) is 32.4 Å². The number of aliphatic hydroxyl groups is 2. The molecule has 1 aromatic heterocycles. The van der Waals surface area contributed by atoms with Crippen LogP contribution in [0.4, 0.5) is 13.2 Å². The Bertz CT molecular complexity index is 904. The van der Waals surface area contributed by atoms with Crippen LogP contribution in [0.2, 0.25) is 0 Å². The van der Waals surface area contributed by atoms with Crippen molar-refractivity contribution in [1.29, 1.82) is 0 Å². The van der Waals surface area contributed by atoms with Crippen LogP contribution < -0.4 is 14.8 Å². The van der Waals surface area contributed by atoms with Crippen LogP contribution in [-0.4, -0.2) is 53.6 Å². The van der Waals surface area contributed by atoms with Gasteiger partial charge in [0.1, 0.15) is 11.8 Å². The van der Waals surface area contributed by atoms with Gasteiger partial charge in [-0.25, -0.2) is 0 Å². The number of carbonyl (C=O) groups excluding carboxylic acids is 1. The molecule has 0 bridgehead atoms. The molecule has 30 heavy (non-hydrogen) atoms. The summed E-state index contributed by atoms with van der Waals surface area (Å²) in [6.07, 6.45) is -5.90. The number of nitrogens with one attached hydrogen (secondary N) is 1. The van der Waals surface area contributed by atoms with Crippen LogP contribution >= 0.6 is 0 Å². The normalized spacial score (nSPS) is 23.8. The van der Waals surface area contributed by atoms with E-state index in [2.05, 4.69) is 10.3 Å². The van der Waals surface area contributed by atoms with Crippen molar-refractivity contribution >= 4 is 5.91 Å². The van der Waals surface area contributed by atoms with E-state index in [-0.39, 0.29) is 12.0 Å². The highest BCUT2D eigenvalue weighted by molar-refractivity contribution is 5.95. The lowest BCUT2D eigenvalue weighted by atomic mass is 9.94. The highest BCUT2D eigenvalue weighted by atomic mass is 19.4. The van der Waals surface area contributed by atoms with E-state index in [4.69, 9.17) is 9.47 Å². The van der Waals surface area contributed by atoms with E-state index in [1.807, 2.05) is 0 Å². The zero-order valence-corrected chi connectivity index (χ0v) is 16.2. The largest absolute Gasteiger partial charge is 0.493 e. The number of nitrogens with zero attached hydrogens (tertiary/aromatic N) is 1. The number of carbonyl (C=O) groups is 1. The van der Waals surface area contributed by atoms with Gasteiger partial charge in [-0.15, -0.1) is 0 Å². The number of hydrogen-bond acceptors (Lipinski definition) is 6. The summed E-state index contributed by atoms with van der Waals surface area (Å²) in [5, 5.41) is 23.1. The highest BCUT2D eigenvalue weighted by Gasteiger charge is 2.43. The Hall–Kier alpha value is -2.85. The molecule has 1 fully saturated rings. The second kappa shape index (κ2) is 8.49. The summed E-state index contributed by atoms with van der Waals surface area (Å²) in [5.74, 6) is -0.396. The zero-order valence-electron chi connectivity index (χ0n) is 16.2. The molecule has 0 radical (unpaired) electrons. The fourth-order valence-electron chi connectivity index (χ4n) is 3.56. The predicted octanol–water partition coefficient (Wildman–Crippen LogP) is 2.13. The number of alkyl halides is 3. The van der Waals surface area contributed by atoms with Crippen molar-refractivity contribution in [3.05, 3.63) is 53.3 Å². The Balaban J connectivity index is 1.83. The van der Waals surface area contributed by atoms with Crippen LogP contribution in [0, 0.1) is 0 Å². The molecule has 7 nitrogen and oxygen atoms in total. The Morgan fingerprint density at radius 3 is 2.40 bits per heavy atom. The zero-order chi connectivity index (χ0) is 22.1. The van der Waals surface area contributed by atoms with E-state index < -0.39 is 41.9 Å². The number of amides is 1. The summed E-state index contributed by atoms with van der Waals surface area (Å²) in [6.45, 7) is 0. The highest BCUT2D eigenvalue weighted by Crippen LogP contribution is 2.37. The van der Waals surface area contributed by atoms with Crippen LogP contribution in [0.15, 0.2) is 36.5 Å². The SMILES string of the molecule is COc1ccc(C(=O)NC2C(c3ccc(C(F)(F)F)nc3)CC(O)C2O)cc1OC. The van der Waals surface area contributed by atoms with Crippen LogP contribution in [-0.2, 0) is 6.18 Å². The molecule has 1 aliphatic carbocycles. The molecule has 3 N–H and O–H groups in total. The lowest BCUT2D eigenvalue weighted by Crippen LogP contribution is -2.45. The van der Waals surface area contributed by atoms with Crippen molar-refractivity contribution in [3.63, 3.8) is 0 Å². The second-order valence-corrected chi connectivity index (χ2v) is 6.94. The molecule has 1 amide bonds. The number of methoxy groups -OCH3 is 2. The minimum Gasteiger partial charge on any atom is -0.493 e. The second-order valence-electron chi connectivity index (χ2n) is 6.94. The quantitative estimate of drug-likeness (QED) is 0.677. The molecule has 10 heteroatoms. The van der Waals surface area contributed by atoms with Crippen LogP contribution in [0.25, 0.3) is 0 Å². The van der Waals surface area contributed by atoms with Gasteiger partial charge in [-0.1, -0.05) is 6.07 Å². The molecule has 1 aromatic carbocycles. The van der Waals surface area contributed by atoms with Crippen LogP contribution in [0.5, 0.6) is 11.5 Å². The molecule has 4 unspecified atom stereocenters. The summed E-state index contributed by atoms with van der Waals surface area (Å²) in [5.41, 5.74) is -0.446. The van der Waals surface area contributed by atoms with Gasteiger partial charge in [0.15, 0.2) is 11.5 Å². The van der Waals surface area contributed by atoms with Crippen molar-refractivity contribution in [1.82, 2.24) is 10.3 Å². The van der Waals surface area contributed by atoms with Gasteiger partial charge in [0.05, 0.1) is 26.4 Å². The topological polar surface area (TPSA) is 101 Å². The average molecular weight is 426 g/mol. The molecule has 1 aliphatic rings. The van der Waals surface area contributed by atoms with E-state index in [0.29, 0.717) is 17.1 Å². The maximum Gasteiger partial charge on any atom is 0.433 e. The number of pyridine rings is 1. The number of hydrogen-bond donors (Lipinski definition) is 3. The Labute approximate surface area is 170 Å². The Kier molecular flexibility index (Phi) is 6.18. The first-order chi connectivity index (χ1) is 14.2. The minimum atomic E-state index is -4.58. The summed E-state index contributed by atoms with van der Waals surface area (Å²) in [6, 6.07) is 5.66. The number of halogens is 3. The third kappa shape index (κ3) is 4.34. The van der Waals surface area contributed by atoms with Gasteiger partial charge < -0.3 is 25.0 Å². The standard InChI is InChI=1S/C20H21F3N2O5/c1-29-14-5-3-10(7-15(14)30-2)19(28)25-17-12(8-13(26)18(17)27)11-4-6-16(24-9-11)20(21,22)23/h3-7,9,12-13,17-18,26-27H,8H2,1-2H3,(H,25,28). The van der Waals surface area contributed by atoms with Gasteiger partial charge in [-0.2, -0.15) is 13.2 Å². The van der Waals surface area contributed by atoms with Crippen molar-refractivity contribution in [2.24, 2.45) is 0 Å². The summed E-state index contributed by atoms with van der Waals surface area (Å²) in [4.78, 5) is 16.1. The number of ether oxygens (including phenoxy) is 2. The fraction of sp³-hybridized carbons (Fsp3) is 0.400. The molecule has 2 aromatic rings. The number of aromatic nitrogens is 1. The molecule has 4 atom stereocenters. The van der Waals surface area contributed by atoms with Gasteiger partial charge in [0, 0.05) is 17.7 Å². The molecule has 162 valence electrons. The molecule has 1 saturated carbocycles. The van der Waals surface area contributed by atoms with Crippen LogP contribution in [0.3, 0.4) is 0 Å². The summed E-state index contributed by atoms with van der Waals surface area (Å²) < 4.78 is 48.6. The third-order valence-electron chi connectivity index (χ3n) is 5.14. The molecule has 0 saturated heterocycles. The van der Waals surface area contributed by atoms with Crippen molar-refractivity contribution in [3.8, 4) is 11.5 Å². The summed E-state index contributed by atoms with van der Waals surface area (Å²) in [7, 11) is 2.88. The lowest BCUT2D eigenvalue weighted by Gasteiger charge is -2.24. The van der Waals surface area contributed by atoms with Gasteiger partial charge in [-0.05, 0) is 36.2 Å². The van der Waals surface area contributed by atoms with E-state index in [9.17, 15) is 28.2 Å². The average Bonchev–Trinajstić information content (AvgIpc) is 3.01.